The van der Waals surface area contributed by atoms with E-state index in [1.807, 2.05) is 0 Å². The highest BCUT2D eigenvalue weighted by Gasteiger charge is 2.15. The van der Waals surface area contributed by atoms with Crippen molar-refractivity contribution in [3.63, 3.8) is 0 Å². The number of rotatable bonds is 5. The molecule has 1 aliphatic rings. The van der Waals surface area contributed by atoms with Gasteiger partial charge in [-0.3, -0.25) is 4.99 Å². The average Bonchev–Trinajstić information content (AvgIpc) is 1.95. The minimum atomic E-state index is 0.844. The van der Waals surface area contributed by atoms with Crippen LogP contribution in [0.4, 0.5) is 0 Å². The van der Waals surface area contributed by atoms with Gasteiger partial charge in [-0.2, -0.15) is 0 Å². The maximum Gasteiger partial charge on any atom is 0.0936 e. The topological polar surface area (TPSA) is 38.4 Å². The van der Waals surface area contributed by atoms with Gasteiger partial charge in [0.1, 0.15) is 0 Å². The van der Waals surface area contributed by atoms with Crippen molar-refractivity contribution in [2.75, 3.05) is 6.54 Å². The van der Waals surface area contributed by atoms with Gasteiger partial charge >= 0.3 is 0 Å². The van der Waals surface area contributed by atoms with Crippen molar-refractivity contribution in [2.45, 2.75) is 45.4 Å². The van der Waals surface area contributed by atoms with E-state index in [4.69, 9.17) is 5.73 Å². The third-order valence-corrected chi connectivity index (χ3v) is 2.58. The molecule has 0 saturated heterocycles. The number of hydrogen-bond donors (Lipinski definition) is 1. The zero-order valence-electron chi connectivity index (χ0n) is 8.05. The molecule has 1 aliphatic carbocycles. The summed E-state index contributed by atoms with van der Waals surface area (Å²) in [4.78, 5) is 4.33. The fraction of sp³-hybridized carbons (Fsp3) is 0.900. The molecule has 0 aromatic heterocycles. The van der Waals surface area contributed by atoms with Crippen molar-refractivity contribution in [2.24, 2.45) is 16.6 Å². The Morgan fingerprint density at radius 1 is 1.50 bits per heavy atom. The number of nitrogens with zero attached hydrogens (tertiary/aromatic N) is 1. The van der Waals surface area contributed by atoms with Crippen LogP contribution in [-0.2, 0) is 0 Å². The molecule has 0 aromatic carbocycles. The average molecular weight is 168 g/mol. The zero-order chi connectivity index (χ0) is 8.81. The Labute approximate surface area is 75.3 Å². The highest BCUT2D eigenvalue weighted by Crippen LogP contribution is 2.29. The summed E-state index contributed by atoms with van der Waals surface area (Å²) >= 11 is 0. The van der Waals surface area contributed by atoms with Crippen LogP contribution in [0.1, 0.15) is 45.4 Å². The summed E-state index contributed by atoms with van der Waals surface area (Å²) in [6.45, 7) is 3.09. The summed E-state index contributed by atoms with van der Waals surface area (Å²) in [7, 11) is 0. The first-order valence-corrected chi connectivity index (χ1v) is 5.11. The minimum absolute atomic E-state index is 0.844. The van der Waals surface area contributed by atoms with Crippen LogP contribution in [0.15, 0.2) is 4.99 Å². The molecule has 0 atom stereocenters. The Morgan fingerprint density at radius 3 is 2.75 bits per heavy atom. The largest absolute Gasteiger partial charge is 0.387 e. The predicted molar refractivity (Wildman–Crippen MR) is 53.4 cm³/mol. The summed E-state index contributed by atoms with van der Waals surface area (Å²) in [5, 5.41) is 0. The van der Waals surface area contributed by atoms with E-state index in [0.717, 1.165) is 31.1 Å². The molecule has 1 saturated carbocycles. The standard InChI is InChI=1S/C10H20N2/c1-2-4-10(11)12-8-7-9-5-3-6-9/h9H,2-8H2,1H3,(H2,11,12). The van der Waals surface area contributed by atoms with Crippen molar-refractivity contribution < 1.29 is 0 Å². The molecule has 2 nitrogen and oxygen atoms in total. The maximum absolute atomic E-state index is 5.68. The lowest BCUT2D eigenvalue weighted by molar-refractivity contribution is 0.300. The fourth-order valence-corrected chi connectivity index (χ4v) is 1.51. The normalized spacial score (nSPS) is 19.2. The summed E-state index contributed by atoms with van der Waals surface area (Å²) in [5.41, 5.74) is 5.68. The van der Waals surface area contributed by atoms with E-state index in [2.05, 4.69) is 11.9 Å². The van der Waals surface area contributed by atoms with Gasteiger partial charge in [0.25, 0.3) is 0 Å². The third-order valence-electron chi connectivity index (χ3n) is 2.58. The molecule has 0 unspecified atom stereocenters. The molecule has 1 rings (SSSR count). The second-order valence-electron chi connectivity index (χ2n) is 3.71. The number of amidine groups is 1. The molecule has 2 heteroatoms. The van der Waals surface area contributed by atoms with Crippen LogP contribution >= 0.6 is 0 Å². The van der Waals surface area contributed by atoms with Gasteiger partial charge in [-0.25, -0.2) is 0 Å². The second-order valence-corrected chi connectivity index (χ2v) is 3.71. The van der Waals surface area contributed by atoms with Crippen molar-refractivity contribution in [3.8, 4) is 0 Å². The SMILES string of the molecule is CCCC(N)=NCCC1CCC1. The molecule has 0 aromatic rings. The summed E-state index contributed by atoms with van der Waals surface area (Å²) in [6, 6.07) is 0. The minimum Gasteiger partial charge on any atom is -0.387 e. The molecular formula is C10H20N2. The lowest BCUT2D eigenvalue weighted by Gasteiger charge is -2.24. The van der Waals surface area contributed by atoms with E-state index in [1.165, 1.54) is 25.7 Å². The molecule has 0 amide bonds. The molecule has 70 valence electrons. The van der Waals surface area contributed by atoms with E-state index in [-0.39, 0.29) is 0 Å². The van der Waals surface area contributed by atoms with Crippen molar-refractivity contribution in [1.82, 2.24) is 0 Å². The van der Waals surface area contributed by atoms with Crippen LogP contribution in [0.5, 0.6) is 0 Å². The number of hydrogen-bond acceptors (Lipinski definition) is 1. The predicted octanol–water partition coefficient (Wildman–Crippen LogP) is 2.33. The van der Waals surface area contributed by atoms with Gasteiger partial charge in [0.2, 0.25) is 0 Å². The first-order valence-electron chi connectivity index (χ1n) is 5.11. The smallest absolute Gasteiger partial charge is 0.0936 e. The lowest BCUT2D eigenvalue weighted by Crippen LogP contribution is -2.15. The van der Waals surface area contributed by atoms with Crippen LogP contribution in [-0.4, -0.2) is 12.4 Å². The highest BCUT2D eigenvalue weighted by molar-refractivity contribution is 5.80. The van der Waals surface area contributed by atoms with Gasteiger partial charge in [0, 0.05) is 13.0 Å². The summed E-state index contributed by atoms with van der Waals surface area (Å²) < 4.78 is 0. The quantitative estimate of drug-likeness (QED) is 0.496. The second kappa shape index (κ2) is 5.18. The first kappa shape index (κ1) is 9.56. The number of aliphatic imine (C=N–C) groups is 1. The zero-order valence-corrected chi connectivity index (χ0v) is 8.05. The Hall–Kier alpha value is -0.530. The first-order chi connectivity index (χ1) is 5.83. The summed E-state index contributed by atoms with van der Waals surface area (Å²) in [5.74, 6) is 1.81. The Morgan fingerprint density at radius 2 is 2.25 bits per heavy atom. The van der Waals surface area contributed by atoms with Crippen LogP contribution in [0.2, 0.25) is 0 Å². The Bertz CT molecular complexity index is 148. The van der Waals surface area contributed by atoms with Gasteiger partial charge in [-0.1, -0.05) is 26.2 Å². The van der Waals surface area contributed by atoms with E-state index < -0.39 is 0 Å². The maximum atomic E-state index is 5.68. The van der Waals surface area contributed by atoms with Crippen molar-refractivity contribution in [3.05, 3.63) is 0 Å². The molecule has 0 radical (unpaired) electrons. The molecular weight excluding hydrogens is 148 g/mol. The van der Waals surface area contributed by atoms with Crippen molar-refractivity contribution >= 4 is 5.84 Å². The molecule has 0 aliphatic heterocycles. The van der Waals surface area contributed by atoms with Gasteiger partial charge in [-0.05, 0) is 18.8 Å². The van der Waals surface area contributed by atoms with E-state index >= 15 is 0 Å². The fourth-order valence-electron chi connectivity index (χ4n) is 1.51. The van der Waals surface area contributed by atoms with Crippen LogP contribution < -0.4 is 5.73 Å². The van der Waals surface area contributed by atoms with Crippen molar-refractivity contribution in [1.29, 1.82) is 0 Å². The van der Waals surface area contributed by atoms with E-state index in [0.29, 0.717) is 0 Å². The van der Waals surface area contributed by atoms with Gasteiger partial charge < -0.3 is 5.73 Å². The lowest BCUT2D eigenvalue weighted by atomic mass is 9.83. The van der Waals surface area contributed by atoms with Gasteiger partial charge in [0.15, 0.2) is 0 Å². The summed E-state index contributed by atoms with van der Waals surface area (Å²) in [6.07, 6.45) is 7.60. The third kappa shape index (κ3) is 3.24. The highest BCUT2D eigenvalue weighted by atomic mass is 14.8. The van der Waals surface area contributed by atoms with Gasteiger partial charge in [0.05, 0.1) is 5.84 Å². The molecule has 0 bridgehead atoms. The molecule has 12 heavy (non-hydrogen) atoms. The Kier molecular flexibility index (Phi) is 4.12. The number of nitrogens with two attached hydrogens (primary N) is 1. The molecule has 2 N–H and O–H groups in total. The molecule has 0 heterocycles. The van der Waals surface area contributed by atoms with Crippen LogP contribution in [0.3, 0.4) is 0 Å². The van der Waals surface area contributed by atoms with Crippen LogP contribution in [0.25, 0.3) is 0 Å². The molecule has 0 spiro atoms. The van der Waals surface area contributed by atoms with E-state index in [1.54, 1.807) is 0 Å². The van der Waals surface area contributed by atoms with E-state index in [9.17, 15) is 0 Å². The van der Waals surface area contributed by atoms with Gasteiger partial charge in [-0.15, -0.1) is 0 Å². The molecule has 1 fully saturated rings. The monoisotopic (exact) mass is 168 g/mol. The van der Waals surface area contributed by atoms with Crippen LogP contribution in [0, 0.1) is 5.92 Å². The Balaban J connectivity index is 2.02.